The van der Waals surface area contributed by atoms with E-state index >= 15 is 0 Å². The Morgan fingerprint density at radius 1 is 0.600 bits per heavy atom. The van der Waals surface area contributed by atoms with E-state index < -0.39 is 0 Å². The minimum absolute atomic E-state index is 0.0931. The highest BCUT2D eigenvalue weighted by Gasteiger charge is 2.33. The molecule has 0 amide bonds. The molecule has 55 heavy (non-hydrogen) atoms. The average Bonchev–Trinajstić information content (AvgIpc) is 3.56. The highest BCUT2D eigenvalue weighted by Crippen LogP contribution is 2.46. The van der Waals surface area contributed by atoms with E-state index in [-0.39, 0.29) is 5.41 Å². The molecule has 0 aliphatic heterocycles. The van der Waals surface area contributed by atoms with Crippen LogP contribution in [0.4, 0.5) is 17.1 Å². The van der Waals surface area contributed by atoms with Crippen molar-refractivity contribution in [3.8, 4) is 11.1 Å². The third-order valence-electron chi connectivity index (χ3n) is 12.5. The van der Waals surface area contributed by atoms with E-state index in [2.05, 4.69) is 212 Å². The maximum atomic E-state index is 2.57. The molecule has 268 valence electrons. The molecule has 0 saturated heterocycles. The molecule has 2 heteroatoms. The van der Waals surface area contributed by atoms with Gasteiger partial charge in [-0.05, 0) is 112 Å². The van der Waals surface area contributed by atoms with Crippen molar-refractivity contribution in [2.24, 2.45) is 5.92 Å². The Hall–Kier alpha value is -6.12. The molecule has 3 unspecified atom stereocenters. The lowest BCUT2D eigenvalue weighted by Crippen LogP contribution is -2.27. The van der Waals surface area contributed by atoms with E-state index in [1.165, 1.54) is 66.8 Å². The van der Waals surface area contributed by atoms with Gasteiger partial charge in [0.15, 0.2) is 0 Å². The van der Waals surface area contributed by atoms with Crippen molar-refractivity contribution >= 4 is 34.0 Å². The molecule has 0 spiro atoms. The van der Waals surface area contributed by atoms with Crippen LogP contribution in [0.1, 0.15) is 71.8 Å². The van der Waals surface area contributed by atoms with Crippen molar-refractivity contribution in [3.05, 3.63) is 215 Å². The first-order valence-electron chi connectivity index (χ1n) is 19.9. The van der Waals surface area contributed by atoms with Crippen molar-refractivity contribution in [1.29, 1.82) is 0 Å². The van der Waals surface area contributed by atoms with Crippen LogP contribution in [0.15, 0.2) is 176 Å². The Balaban J connectivity index is 1.02. The number of hydrogen-bond acceptors (Lipinski definition) is 1. The van der Waals surface area contributed by atoms with Gasteiger partial charge in [-0.2, -0.15) is 0 Å². The third kappa shape index (κ3) is 5.71. The van der Waals surface area contributed by atoms with Gasteiger partial charge in [0.1, 0.15) is 0 Å². The van der Waals surface area contributed by atoms with Crippen LogP contribution < -0.4 is 4.90 Å². The fourth-order valence-corrected chi connectivity index (χ4v) is 9.65. The van der Waals surface area contributed by atoms with Crippen LogP contribution in [0, 0.1) is 5.92 Å². The van der Waals surface area contributed by atoms with Crippen LogP contribution in [0.25, 0.3) is 28.1 Å². The van der Waals surface area contributed by atoms with Gasteiger partial charge in [0.25, 0.3) is 0 Å². The van der Waals surface area contributed by atoms with Crippen molar-refractivity contribution in [2.45, 2.75) is 51.0 Å². The predicted octanol–water partition coefficient (Wildman–Crippen LogP) is 13.7. The molecule has 0 fully saturated rings. The normalized spacial score (nSPS) is 19.1. The maximum absolute atomic E-state index is 2.57. The summed E-state index contributed by atoms with van der Waals surface area (Å²) in [6.07, 6.45) is 15.9. The van der Waals surface area contributed by atoms with E-state index in [1.54, 1.807) is 0 Å². The van der Waals surface area contributed by atoms with E-state index in [0.29, 0.717) is 17.9 Å². The third-order valence-corrected chi connectivity index (χ3v) is 12.5. The molecule has 0 saturated carbocycles. The van der Waals surface area contributed by atoms with Gasteiger partial charge in [0, 0.05) is 45.0 Å². The van der Waals surface area contributed by atoms with Gasteiger partial charge < -0.3 is 9.47 Å². The van der Waals surface area contributed by atoms with Gasteiger partial charge in [0.2, 0.25) is 0 Å². The number of anilines is 3. The molecule has 3 atom stereocenters. The zero-order valence-corrected chi connectivity index (χ0v) is 31.9. The lowest BCUT2D eigenvalue weighted by atomic mass is 9.69. The maximum Gasteiger partial charge on any atom is 0.0585 e. The second-order valence-corrected chi connectivity index (χ2v) is 16.2. The average molecular weight is 711 g/mol. The number of hydrogen-bond donors (Lipinski definition) is 0. The van der Waals surface area contributed by atoms with Gasteiger partial charge in [-0.25, -0.2) is 0 Å². The Morgan fingerprint density at radius 3 is 2.05 bits per heavy atom. The van der Waals surface area contributed by atoms with Gasteiger partial charge in [0.05, 0.1) is 6.04 Å². The Labute approximate surface area is 325 Å². The number of rotatable bonds is 6. The molecule has 3 aliphatic carbocycles. The molecule has 6 aromatic carbocycles. The van der Waals surface area contributed by atoms with Crippen LogP contribution in [-0.4, -0.2) is 4.57 Å². The quantitative estimate of drug-likeness (QED) is 0.167. The van der Waals surface area contributed by atoms with Crippen LogP contribution >= 0.6 is 0 Å². The zero-order valence-electron chi connectivity index (χ0n) is 31.9. The Kier molecular flexibility index (Phi) is 8.10. The minimum atomic E-state index is -0.0931. The minimum Gasteiger partial charge on any atom is -0.333 e. The highest BCUT2D eigenvalue weighted by atomic mass is 15.1. The molecular weight excluding hydrogens is 665 g/mol. The van der Waals surface area contributed by atoms with E-state index in [4.69, 9.17) is 0 Å². The lowest BCUT2D eigenvalue weighted by molar-refractivity contribution is 0.494. The largest absolute Gasteiger partial charge is 0.333 e. The molecule has 0 radical (unpaired) electrons. The first kappa shape index (κ1) is 33.4. The van der Waals surface area contributed by atoms with E-state index in [0.717, 1.165) is 24.2 Å². The number of fused-ring (bicyclic) bond motifs is 5. The van der Waals surface area contributed by atoms with Gasteiger partial charge >= 0.3 is 0 Å². The summed E-state index contributed by atoms with van der Waals surface area (Å²) < 4.78 is 2.57. The Morgan fingerprint density at radius 2 is 1.25 bits per heavy atom. The number of para-hydroxylation sites is 1. The fraction of sp³-hybridized carbons (Fsp3) is 0.170. The summed E-state index contributed by atoms with van der Waals surface area (Å²) in [5, 5.41) is 1.38. The van der Waals surface area contributed by atoms with Crippen molar-refractivity contribution in [1.82, 2.24) is 4.57 Å². The van der Waals surface area contributed by atoms with Crippen LogP contribution in [0.2, 0.25) is 0 Å². The summed E-state index contributed by atoms with van der Waals surface area (Å²) in [6, 6.07) is 54.5. The topological polar surface area (TPSA) is 8.17 Å². The molecule has 2 nitrogen and oxygen atoms in total. The molecule has 1 aromatic heterocycles. The smallest absolute Gasteiger partial charge is 0.0585 e. The van der Waals surface area contributed by atoms with Crippen LogP contribution in [0.5, 0.6) is 0 Å². The summed E-state index contributed by atoms with van der Waals surface area (Å²) in [5.41, 5.74) is 17.0. The summed E-state index contributed by atoms with van der Waals surface area (Å²) in [6.45, 7) is 7.09. The van der Waals surface area contributed by atoms with Gasteiger partial charge in [-0.15, -0.1) is 0 Å². The lowest BCUT2D eigenvalue weighted by Gasteiger charge is -2.36. The molecular formula is C53H46N2. The van der Waals surface area contributed by atoms with Gasteiger partial charge in [-0.3, -0.25) is 0 Å². The molecule has 0 bridgehead atoms. The molecule has 1 heterocycles. The standard InChI is InChI=1S/C53H46N2/c1-36-13-7-11-19-50(36)55-51-20-12-9-17-46(51)47-34-40(26-32-52(47)55)39-23-29-44(30-24-39)54(43-27-21-38(22-28-43)37-14-5-4-6-15-37)45-31-25-42-33-41-16-8-10-18-48(41)53(2,3)49(42)35-45/h4-32,35-36,40,50H,33-34H2,1-3H3. The first-order chi connectivity index (χ1) is 26.9. The number of benzene rings is 6. The number of allylic oxidation sites excluding steroid dienone is 5. The second kappa shape index (κ2) is 13.3. The highest BCUT2D eigenvalue weighted by molar-refractivity contribution is 5.89. The van der Waals surface area contributed by atoms with Crippen LogP contribution in [0.3, 0.4) is 0 Å². The van der Waals surface area contributed by atoms with E-state index in [9.17, 15) is 0 Å². The van der Waals surface area contributed by atoms with Crippen LogP contribution in [-0.2, 0) is 18.3 Å². The molecule has 10 rings (SSSR count). The molecule has 0 N–H and O–H groups in total. The fourth-order valence-electron chi connectivity index (χ4n) is 9.65. The molecule has 3 aliphatic rings. The molecule has 7 aromatic rings. The predicted molar refractivity (Wildman–Crippen MR) is 232 cm³/mol. The zero-order chi connectivity index (χ0) is 37.1. The van der Waals surface area contributed by atoms with Crippen molar-refractivity contribution in [2.75, 3.05) is 4.90 Å². The number of aromatic nitrogens is 1. The summed E-state index contributed by atoms with van der Waals surface area (Å²) in [4.78, 5) is 2.44. The SMILES string of the molecule is CC1C=CC=CC1n1c2c(c3ccccc31)CC(c1ccc(N(c3ccc(-c4ccccc4)cc3)c3ccc4c(c3)C(C)(C)c3ccccc3C4)cc1)C=C2. The van der Waals surface area contributed by atoms with Crippen molar-refractivity contribution < 1.29 is 0 Å². The number of nitrogens with zero attached hydrogens (tertiary/aromatic N) is 2. The van der Waals surface area contributed by atoms with E-state index in [1.807, 2.05) is 0 Å². The van der Waals surface area contributed by atoms with Crippen molar-refractivity contribution in [3.63, 3.8) is 0 Å². The Bertz CT molecular complexity index is 2630. The first-order valence-corrected chi connectivity index (χ1v) is 19.9. The second-order valence-electron chi connectivity index (χ2n) is 16.2. The summed E-state index contributed by atoms with van der Waals surface area (Å²) in [5.74, 6) is 0.751. The van der Waals surface area contributed by atoms with Gasteiger partial charge in [-0.1, -0.05) is 154 Å². The monoisotopic (exact) mass is 710 g/mol. The summed E-state index contributed by atoms with van der Waals surface area (Å²) in [7, 11) is 0. The summed E-state index contributed by atoms with van der Waals surface area (Å²) >= 11 is 0.